The zero-order valence-corrected chi connectivity index (χ0v) is 11.1. The Kier molecular flexibility index (Phi) is 4.50. The van der Waals surface area contributed by atoms with E-state index in [9.17, 15) is 4.79 Å². The van der Waals surface area contributed by atoms with Crippen molar-refractivity contribution in [1.29, 1.82) is 0 Å². The fourth-order valence-corrected chi connectivity index (χ4v) is 1.87. The standard InChI is InChI=1S/C15H21NO/c1-6-14(17)16-15-12(10(2)3)8-7-9-13(15)11(4)5/h6-11H,1H2,2-5H3,(H,16,17). The molecule has 1 N–H and O–H groups in total. The van der Waals surface area contributed by atoms with Crippen LogP contribution in [0.4, 0.5) is 5.69 Å². The summed E-state index contributed by atoms with van der Waals surface area (Å²) >= 11 is 0. The van der Waals surface area contributed by atoms with Gasteiger partial charge in [-0.15, -0.1) is 0 Å². The highest BCUT2D eigenvalue weighted by molar-refractivity contribution is 6.00. The minimum atomic E-state index is -0.153. The molecule has 0 fully saturated rings. The highest BCUT2D eigenvalue weighted by atomic mass is 16.1. The van der Waals surface area contributed by atoms with Crippen molar-refractivity contribution in [2.45, 2.75) is 39.5 Å². The molecular weight excluding hydrogens is 210 g/mol. The van der Waals surface area contributed by atoms with Gasteiger partial charge in [-0.05, 0) is 29.0 Å². The van der Waals surface area contributed by atoms with Gasteiger partial charge in [0.25, 0.3) is 0 Å². The Morgan fingerprint density at radius 3 is 2.00 bits per heavy atom. The van der Waals surface area contributed by atoms with E-state index in [0.717, 1.165) is 5.69 Å². The lowest BCUT2D eigenvalue weighted by molar-refractivity contribution is -0.111. The molecule has 0 aliphatic carbocycles. The normalized spacial score (nSPS) is 10.7. The Hall–Kier alpha value is -1.57. The van der Waals surface area contributed by atoms with Gasteiger partial charge < -0.3 is 5.32 Å². The van der Waals surface area contributed by atoms with Gasteiger partial charge in [-0.2, -0.15) is 0 Å². The molecule has 2 heteroatoms. The lowest BCUT2D eigenvalue weighted by atomic mass is 9.92. The van der Waals surface area contributed by atoms with Gasteiger partial charge in [0.2, 0.25) is 5.91 Å². The number of hydrogen-bond acceptors (Lipinski definition) is 1. The number of rotatable bonds is 4. The van der Waals surface area contributed by atoms with Crippen molar-refractivity contribution >= 4 is 11.6 Å². The van der Waals surface area contributed by atoms with E-state index in [0.29, 0.717) is 11.8 Å². The predicted molar refractivity (Wildman–Crippen MR) is 73.4 cm³/mol. The molecule has 17 heavy (non-hydrogen) atoms. The number of para-hydroxylation sites is 1. The molecule has 1 rings (SSSR count). The summed E-state index contributed by atoms with van der Waals surface area (Å²) in [6.07, 6.45) is 1.31. The van der Waals surface area contributed by atoms with Gasteiger partial charge in [0.1, 0.15) is 0 Å². The van der Waals surface area contributed by atoms with Gasteiger partial charge in [-0.25, -0.2) is 0 Å². The molecule has 0 spiro atoms. The van der Waals surface area contributed by atoms with Gasteiger partial charge in [-0.3, -0.25) is 4.79 Å². The molecule has 0 aliphatic rings. The summed E-state index contributed by atoms with van der Waals surface area (Å²) in [5.41, 5.74) is 3.29. The Morgan fingerprint density at radius 2 is 1.65 bits per heavy atom. The van der Waals surface area contributed by atoms with Gasteiger partial charge in [0, 0.05) is 5.69 Å². The second kappa shape index (κ2) is 5.67. The summed E-state index contributed by atoms with van der Waals surface area (Å²) in [6.45, 7) is 12.0. The Balaban J connectivity index is 3.28. The van der Waals surface area contributed by atoms with Crippen molar-refractivity contribution in [2.24, 2.45) is 0 Å². The first-order chi connectivity index (χ1) is 7.97. The van der Waals surface area contributed by atoms with Gasteiger partial charge >= 0.3 is 0 Å². The highest BCUT2D eigenvalue weighted by Gasteiger charge is 2.14. The number of amides is 1. The van der Waals surface area contributed by atoms with Crippen LogP contribution in [0.15, 0.2) is 30.9 Å². The number of carbonyl (C=O) groups excluding carboxylic acids is 1. The second-order valence-corrected chi connectivity index (χ2v) is 4.81. The van der Waals surface area contributed by atoms with E-state index in [-0.39, 0.29) is 5.91 Å². The van der Waals surface area contributed by atoms with Crippen LogP contribution in [-0.4, -0.2) is 5.91 Å². The van der Waals surface area contributed by atoms with Crippen molar-refractivity contribution in [2.75, 3.05) is 5.32 Å². The first kappa shape index (κ1) is 13.5. The number of carbonyl (C=O) groups is 1. The van der Waals surface area contributed by atoms with Gasteiger partial charge in [0.05, 0.1) is 0 Å². The second-order valence-electron chi connectivity index (χ2n) is 4.81. The van der Waals surface area contributed by atoms with Crippen LogP contribution in [-0.2, 0) is 4.79 Å². The van der Waals surface area contributed by atoms with Crippen molar-refractivity contribution in [3.8, 4) is 0 Å². The average molecular weight is 231 g/mol. The van der Waals surface area contributed by atoms with E-state index < -0.39 is 0 Å². The van der Waals surface area contributed by atoms with Crippen LogP contribution < -0.4 is 5.32 Å². The molecule has 0 aliphatic heterocycles. The summed E-state index contributed by atoms with van der Waals surface area (Å²) in [5.74, 6) is 0.614. The molecule has 1 aromatic rings. The smallest absolute Gasteiger partial charge is 0.247 e. The maximum absolute atomic E-state index is 11.5. The van der Waals surface area contributed by atoms with Crippen LogP contribution in [0.25, 0.3) is 0 Å². The Morgan fingerprint density at radius 1 is 1.18 bits per heavy atom. The van der Waals surface area contributed by atoms with E-state index in [1.807, 2.05) is 6.07 Å². The van der Waals surface area contributed by atoms with Gasteiger partial charge in [0.15, 0.2) is 0 Å². The summed E-state index contributed by atoms with van der Waals surface area (Å²) in [5, 5.41) is 2.93. The van der Waals surface area contributed by atoms with Crippen LogP contribution in [0, 0.1) is 0 Å². The molecule has 0 atom stereocenters. The molecule has 0 saturated carbocycles. The van der Waals surface area contributed by atoms with Crippen molar-refractivity contribution in [1.82, 2.24) is 0 Å². The van der Waals surface area contributed by atoms with Crippen molar-refractivity contribution in [3.05, 3.63) is 42.0 Å². The van der Waals surface area contributed by atoms with E-state index in [1.54, 1.807) is 0 Å². The maximum Gasteiger partial charge on any atom is 0.247 e. The van der Waals surface area contributed by atoms with Crippen molar-refractivity contribution < 1.29 is 4.79 Å². The predicted octanol–water partition coefficient (Wildman–Crippen LogP) is 4.06. The van der Waals surface area contributed by atoms with Crippen LogP contribution in [0.1, 0.15) is 50.7 Å². The maximum atomic E-state index is 11.5. The molecule has 0 bridgehead atoms. The third kappa shape index (κ3) is 3.19. The lowest BCUT2D eigenvalue weighted by Gasteiger charge is -2.19. The van der Waals surface area contributed by atoms with Crippen LogP contribution in [0.2, 0.25) is 0 Å². The van der Waals surface area contributed by atoms with E-state index in [4.69, 9.17) is 0 Å². The SMILES string of the molecule is C=CC(=O)Nc1c(C(C)C)cccc1C(C)C. The number of benzene rings is 1. The molecule has 0 saturated heterocycles. The zero-order valence-electron chi connectivity index (χ0n) is 11.1. The molecule has 1 aromatic carbocycles. The molecule has 0 radical (unpaired) electrons. The molecular formula is C15H21NO. The fraction of sp³-hybridized carbons (Fsp3) is 0.400. The Bertz CT molecular complexity index is 393. The molecule has 1 amide bonds. The summed E-state index contributed by atoms with van der Waals surface area (Å²) in [4.78, 5) is 11.5. The first-order valence-electron chi connectivity index (χ1n) is 6.03. The molecule has 2 nitrogen and oxygen atoms in total. The number of anilines is 1. The van der Waals surface area contributed by atoms with E-state index >= 15 is 0 Å². The molecule has 0 unspecified atom stereocenters. The largest absolute Gasteiger partial charge is 0.322 e. The van der Waals surface area contributed by atoms with Crippen LogP contribution in [0.3, 0.4) is 0 Å². The quantitative estimate of drug-likeness (QED) is 0.778. The van der Waals surface area contributed by atoms with Crippen LogP contribution in [0.5, 0.6) is 0 Å². The average Bonchev–Trinajstić information content (AvgIpc) is 2.28. The van der Waals surface area contributed by atoms with E-state index in [2.05, 4.69) is 51.7 Å². The van der Waals surface area contributed by atoms with Crippen molar-refractivity contribution in [3.63, 3.8) is 0 Å². The topological polar surface area (TPSA) is 29.1 Å². The summed E-state index contributed by atoms with van der Waals surface area (Å²) in [6, 6.07) is 6.18. The van der Waals surface area contributed by atoms with E-state index in [1.165, 1.54) is 17.2 Å². The zero-order chi connectivity index (χ0) is 13.0. The summed E-state index contributed by atoms with van der Waals surface area (Å²) < 4.78 is 0. The van der Waals surface area contributed by atoms with Gasteiger partial charge in [-0.1, -0.05) is 52.5 Å². The molecule has 0 heterocycles. The minimum Gasteiger partial charge on any atom is -0.322 e. The monoisotopic (exact) mass is 231 g/mol. The molecule has 0 aromatic heterocycles. The highest BCUT2D eigenvalue weighted by Crippen LogP contribution is 2.32. The summed E-state index contributed by atoms with van der Waals surface area (Å²) in [7, 11) is 0. The first-order valence-corrected chi connectivity index (χ1v) is 6.03. The number of hydrogen-bond donors (Lipinski definition) is 1. The number of nitrogens with one attached hydrogen (secondary N) is 1. The third-order valence-corrected chi connectivity index (χ3v) is 2.81. The Labute approximate surface area is 104 Å². The lowest BCUT2D eigenvalue weighted by Crippen LogP contribution is -2.12. The third-order valence-electron chi connectivity index (χ3n) is 2.81. The fourth-order valence-electron chi connectivity index (χ4n) is 1.87. The minimum absolute atomic E-state index is 0.153. The molecule has 92 valence electrons. The van der Waals surface area contributed by atoms with Crippen LogP contribution >= 0.6 is 0 Å².